The van der Waals surface area contributed by atoms with Crippen molar-refractivity contribution in [2.24, 2.45) is 0 Å². The molecule has 1 unspecified atom stereocenters. The van der Waals surface area contributed by atoms with Crippen LogP contribution >= 0.6 is 15.9 Å². The van der Waals surface area contributed by atoms with Crippen molar-refractivity contribution >= 4 is 21.9 Å². The molecule has 0 N–H and O–H groups in total. The van der Waals surface area contributed by atoms with E-state index >= 15 is 0 Å². The number of piperidine rings is 1. The van der Waals surface area contributed by atoms with Crippen LogP contribution in [0.2, 0.25) is 0 Å². The maximum atomic E-state index is 12.1. The van der Waals surface area contributed by atoms with Crippen molar-refractivity contribution in [2.75, 3.05) is 19.7 Å². The number of esters is 1. The van der Waals surface area contributed by atoms with Crippen LogP contribution in [0.25, 0.3) is 0 Å². The van der Waals surface area contributed by atoms with Gasteiger partial charge >= 0.3 is 5.97 Å². The van der Waals surface area contributed by atoms with E-state index in [0.29, 0.717) is 18.2 Å². The SMILES string of the molecule is O=C(OCCN1CCCCC1c1cccnc1)c1ccc(Br)cc1. The standard InChI is InChI=1S/C19H21BrN2O2/c20-17-8-6-15(7-9-17)19(23)24-13-12-22-11-2-1-5-18(22)16-4-3-10-21-14-16/h3-4,6-10,14,18H,1-2,5,11-13H2. The van der Waals surface area contributed by atoms with E-state index in [1.807, 2.05) is 24.4 Å². The maximum absolute atomic E-state index is 12.1. The first-order chi connectivity index (χ1) is 11.7. The van der Waals surface area contributed by atoms with Crippen LogP contribution < -0.4 is 0 Å². The highest BCUT2D eigenvalue weighted by Gasteiger charge is 2.24. The first kappa shape index (κ1) is 17.1. The number of nitrogens with zero attached hydrogens (tertiary/aromatic N) is 2. The molecule has 24 heavy (non-hydrogen) atoms. The Hall–Kier alpha value is -1.72. The van der Waals surface area contributed by atoms with Crippen LogP contribution in [0.15, 0.2) is 53.3 Å². The van der Waals surface area contributed by atoms with E-state index in [0.717, 1.165) is 24.0 Å². The molecule has 126 valence electrons. The molecule has 1 fully saturated rings. The number of pyridine rings is 1. The number of rotatable bonds is 5. The van der Waals surface area contributed by atoms with Gasteiger partial charge in [0.25, 0.3) is 0 Å². The van der Waals surface area contributed by atoms with E-state index in [9.17, 15) is 4.79 Å². The van der Waals surface area contributed by atoms with Crippen LogP contribution in [0.3, 0.4) is 0 Å². The summed E-state index contributed by atoms with van der Waals surface area (Å²) < 4.78 is 6.39. The molecule has 0 radical (unpaired) electrons. The van der Waals surface area contributed by atoms with E-state index in [1.165, 1.54) is 18.4 Å². The third-order valence-corrected chi connectivity index (χ3v) is 4.90. The van der Waals surface area contributed by atoms with E-state index in [4.69, 9.17) is 4.74 Å². The zero-order valence-corrected chi connectivity index (χ0v) is 15.1. The van der Waals surface area contributed by atoms with Crippen LogP contribution in [0, 0.1) is 0 Å². The minimum Gasteiger partial charge on any atom is -0.461 e. The average Bonchev–Trinajstić information content (AvgIpc) is 2.63. The fourth-order valence-electron chi connectivity index (χ4n) is 3.13. The van der Waals surface area contributed by atoms with Gasteiger partial charge in [0.2, 0.25) is 0 Å². The first-order valence-corrected chi connectivity index (χ1v) is 9.10. The first-order valence-electron chi connectivity index (χ1n) is 8.31. The monoisotopic (exact) mass is 388 g/mol. The lowest BCUT2D eigenvalue weighted by Crippen LogP contribution is -2.36. The topological polar surface area (TPSA) is 42.4 Å². The molecule has 1 aliphatic heterocycles. The van der Waals surface area contributed by atoms with E-state index in [2.05, 4.69) is 31.9 Å². The number of benzene rings is 1. The van der Waals surface area contributed by atoms with Crippen molar-refractivity contribution in [2.45, 2.75) is 25.3 Å². The van der Waals surface area contributed by atoms with E-state index in [-0.39, 0.29) is 5.97 Å². The van der Waals surface area contributed by atoms with Crippen molar-refractivity contribution in [1.82, 2.24) is 9.88 Å². The molecule has 1 aromatic heterocycles. The zero-order chi connectivity index (χ0) is 16.8. The lowest BCUT2D eigenvalue weighted by molar-refractivity contribution is 0.0405. The summed E-state index contributed by atoms with van der Waals surface area (Å²) in [7, 11) is 0. The number of likely N-dealkylation sites (tertiary alicyclic amines) is 1. The Labute approximate surface area is 151 Å². The van der Waals surface area contributed by atoms with Crippen molar-refractivity contribution in [3.8, 4) is 0 Å². The Morgan fingerprint density at radius 3 is 2.83 bits per heavy atom. The molecule has 0 saturated carbocycles. The highest BCUT2D eigenvalue weighted by atomic mass is 79.9. The predicted octanol–water partition coefficient (Wildman–Crippen LogP) is 4.23. The minimum absolute atomic E-state index is 0.266. The normalized spacial score (nSPS) is 18.3. The molecule has 2 aromatic rings. The Bertz CT molecular complexity index is 661. The summed E-state index contributed by atoms with van der Waals surface area (Å²) in [6, 6.07) is 11.7. The Morgan fingerprint density at radius 2 is 2.08 bits per heavy atom. The summed E-state index contributed by atoms with van der Waals surface area (Å²) in [5.41, 5.74) is 1.83. The number of halogens is 1. The van der Waals surface area contributed by atoms with Gasteiger partial charge in [0.1, 0.15) is 6.61 Å². The summed E-state index contributed by atoms with van der Waals surface area (Å²) in [6.07, 6.45) is 7.30. The maximum Gasteiger partial charge on any atom is 0.338 e. The quantitative estimate of drug-likeness (QED) is 0.718. The number of carbonyl (C=O) groups excluding carboxylic acids is 1. The van der Waals surface area contributed by atoms with Gasteiger partial charge in [-0.2, -0.15) is 0 Å². The summed E-state index contributed by atoms with van der Waals surface area (Å²) in [5, 5.41) is 0. The van der Waals surface area contributed by atoms with Crippen molar-refractivity contribution in [3.63, 3.8) is 0 Å². The van der Waals surface area contributed by atoms with Gasteiger partial charge in [-0.3, -0.25) is 9.88 Å². The molecular weight excluding hydrogens is 368 g/mol. The molecule has 0 aliphatic carbocycles. The van der Waals surface area contributed by atoms with Gasteiger partial charge in [-0.05, 0) is 55.3 Å². The molecule has 2 heterocycles. The summed E-state index contributed by atoms with van der Waals surface area (Å²) in [4.78, 5) is 18.7. The van der Waals surface area contributed by atoms with Crippen molar-refractivity contribution in [3.05, 3.63) is 64.4 Å². The molecule has 1 saturated heterocycles. The summed E-state index contributed by atoms with van der Waals surface area (Å²) in [6.45, 7) is 2.20. The van der Waals surface area contributed by atoms with Crippen LogP contribution in [0.4, 0.5) is 0 Å². The molecule has 1 aliphatic rings. The van der Waals surface area contributed by atoms with E-state index in [1.54, 1.807) is 18.3 Å². The highest BCUT2D eigenvalue weighted by Crippen LogP contribution is 2.29. The van der Waals surface area contributed by atoms with Crippen LogP contribution in [-0.2, 0) is 4.74 Å². The van der Waals surface area contributed by atoms with Crippen LogP contribution in [-0.4, -0.2) is 35.5 Å². The third-order valence-electron chi connectivity index (χ3n) is 4.37. The van der Waals surface area contributed by atoms with Crippen molar-refractivity contribution in [1.29, 1.82) is 0 Å². The van der Waals surface area contributed by atoms with Gasteiger partial charge in [0.05, 0.1) is 5.56 Å². The lowest BCUT2D eigenvalue weighted by atomic mass is 9.96. The number of aromatic nitrogens is 1. The van der Waals surface area contributed by atoms with Gasteiger partial charge in [-0.1, -0.05) is 28.4 Å². The van der Waals surface area contributed by atoms with Gasteiger partial charge in [-0.25, -0.2) is 4.79 Å². The van der Waals surface area contributed by atoms with E-state index < -0.39 is 0 Å². The highest BCUT2D eigenvalue weighted by molar-refractivity contribution is 9.10. The molecule has 5 heteroatoms. The largest absolute Gasteiger partial charge is 0.461 e. The Balaban J connectivity index is 1.54. The van der Waals surface area contributed by atoms with Gasteiger partial charge in [-0.15, -0.1) is 0 Å². The predicted molar refractivity (Wildman–Crippen MR) is 96.8 cm³/mol. The van der Waals surface area contributed by atoms with Crippen LogP contribution in [0.1, 0.15) is 41.2 Å². The number of carbonyl (C=O) groups is 1. The average molecular weight is 389 g/mol. The molecule has 0 amide bonds. The molecule has 0 bridgehead atoms. The fraction of sp³-hybridized carbons (Fsp3) is 0.368. The fourth-order valence-corrected chi connectivity index (χ4v) is 3.40. The third kappa shape index (κ3) is 4.42. The number of hydrogen-bond acceptors (Lipinski definition) is 4. The molecule has 4 nitrogen and oxygen atoms in total. The molecule has 1 atom stereocenters. The van der Waals surface area contributed by atoms with Gasteiger partial charge in [0, 0.05) is 29.5 Å². The second kappa shape index (κ2) is 8.40. The Morgan fingerprint density at radius 1 is 1.25 bits per heavy atom. The summed E-state index contributed by atoms with van der Waals surface area (Å²) in [5.74, 6) is -0.266. The van der Waals surface area contributed by atoms with Gasteiger partial charge < -0.3 is 4.74 Å². The molecule has 0 spiro atoms. The smallest absolute Gasteiger partial charge is 0.338 e. The molecule has 3 rings (SSSR count). The van der Waals surface area contributed by atoms with Crippen LogP contribution in [0.5, 0.6) is 0 Å². The Kier molecular flexibility index (Phi) is 5.99. The lowest BCUT2D eigenvalue weighted by Gasteiger charge is -2.35. The number of hydrogen-bond donors (Lipinski definition) is 0. The zero-order valence-electron chi connectivity index (χ0n) is 13.5. The van der Waals surface area contributed by atoms with Crippen molar-refractivity contribution < 1.29 is 9.53 Å². The molecular formula is C19H21BrN2O2. The minimum atomic E-state index is -0.266. The second-order valence-corrected chi connectivity index (χ2v) is 6.89. The second-order valence-electron chi connectivity index (χ2n) is 5.98. The van der Waals surface area contributed by atoms with Gasteiger partial charge in [0.15, 0.2) is 0 Å². The summed E-state index contributed by atoms with van der Waals surface area (Å²) >= 11 is 3.36. The molecule has 1 aromatic carbocycles. The number of ether oxygens (including phenoxy) is 1.